The number of hydrogen-bond acceptors (Lipinski definition) is 12. The smallest absolute Gasteiger partial charge is 0.331 e. The molecule has 3 saturated heterocycles. The number of rotatable bonds is 7. The molecule has 29 heavy (non-hydrogen) atoms. The highest BCUT2D eigenvalue weighted by Crippen LogP contribution is 2.37. The average molecular weight is 422 g/mol. The number of esters is 1. The minimum Gasteiger partial charge on any atom is -0.467 e. The zero-order chi connectivity index (χ0) is 21.3. The average Bonchev–Trinajstić information content (AvgIpc) is 3.14. The lowest BCUT2D eigenvalue weighted by atomic mass is 9.97. The first-order chi connectivity index (χ1) is 13.7. The van der Waals surface area contributed by atoms with E-state index < -0.39 is 80.2 Å². The van der Waals surface area contributed by atoms with Crippen LogP contribution >= 0.6 is 0 Å². The largest absolute Gasteiger partial charge is 0.467 e. The molecule has 6 N–H and O–H groups in total. The summed E-state index contributed by atoms with van der Waals surface area (Å²) in [4.78, 5) is 11.4. The van der Waals surface area contributed by atoms with Crippen LogP contribution in [0.25, 0.3) is 0 Å². The van der Waals surface area contributed by atoms with E-state index in [0.717, 1.165) is 0 Å². The minimum absolute atomic E-state index is 0.0185. The highest BCUT2D eigenvalue weighted by atomic mass is 16.8. The Hall–Kier alpha value is -0.930. The van der Waals surface area contributed by atoms with Gasteiger partial charge < -0.3 is 54.8 Å². The van der Waals surface area contributed by atoms with Crippen LogP contribution in [0.15, 0.2) is 0 Å². The molecule has 0 aliphatic carbocycles. The van der Waals surface area contributed by atoms with Crippen LogP contribution < -0.4 is 11.5 Å². The third-order valence-electron chi connectivity index (χ3n) is 5.13. The number of nitrogens with two attached hydrogens (primary N) is 2. The zero-order valence-corrected chi connectivity index (χ0v) is 16.6. The zero-order valence-electron chi connectivity index (χ0n) is 16.6. The second-order valence-electron chi connectivity index (χ2n) is 7.68. The van der Waals surface area contributed by atoms with Crippen molar-refractivity contribution in [2.75, 3.05) is 26.9 Å². The highest BCUT2D eigenvalue weighted by Gasteiger charge is 2.54. The Labute approximate surface area is 168 Å². The maximum Gasteiger partial charge on any atom is 0.331 e. The van der Waals surface area contributed by atoms with Crippen LogP contribution in [0.4, 0.5) is 0 Å². The summed E-state index contributed by atoms with van der Waals surface area (Å²) < 4.78 is 38.5. The monoisotopic (exact) mass is 422 g/mol. The minimum atomic E-state index is -1.26. The first-order valence-electron chi connectivity index (χ1n) is 9.43. The lowest BCUT2D eigenvalue weighted by molar-refractivity contribution is -0.280. The van der Waals surface area contributed by atoms with Gasteiger partial charge in [-0.25, -0.2) is 4.79 Å². The van der Waals surface area contributed by atoms with Gasteiger partial charge in [0.05, 0.1) is 26.4 Å². The third kappa shape index (κ3) is 4.88. The molecule has 3 heterocycles. The molecular weight excluding hydrogens is 392 g/mol. The molecule has 0 aromatic heterocycles. The van der Waals surface area contributed by atoms with Crippen molar-refractivity contribution in [2.24, 2.45) is 11.5 Å². The van der Waals surface area contributed by atoms with Crippen molar-refractivity contribution in [3.8, 4) is 0 Å². The van der Waals surface area contributed by atoms with Crippen LogP contribution in [0.5, 0.6) is 0 Å². The summed E-state index contributed by atoms with van der Waals surface area (Å²) >= 11 is 0. The quantitative estimate of drug-likeness (QED) is 0.310. The maximum atomic E-state index is 11.4. The van der Waals surface area contributed by atoms with Crippen LogP contribution in [0.2, 0.25) is 0 Å². The van der Waals surface area contributed by atoms with Gasteiger partial charge in [0.1, 0.15) is 49.5 Å². The Morgan fingerprint density at radius 1 is 1.10 bits per heavy atom. The van der Waals surface area contributed by atoms with Crippen molar-refractivity contribution < 1.29 is 48.2 Å². The fourth-order valence-corrected chi connectivity index (χ4v) is 3.71. The van der Waals surface area contributed by atoms with E-state index >= 15 is 0 Å². The van der Waals surface area contributed by atoms with E-state index in [1.807, 2.05) is 0 Å². The number of ether oxygens (including phenoxy) is 7. The number of aliphatic hydroxyl groups is 2. The van der Waals surface area contributed by atoms with Gasteiger partial charge in [-0.15, -0.1) is 0 Å². The number of methoxy groups -OCH3 is 1. The Balaban J connectivity index is 1.61. The van der Waals surface area contributed by atoms with Crippen molar-refractivity contribution in [3.05, 3.63) is 0 Å². The topological polar surface area (TPSA) is 174 Å². The van der Waals surface area contributed by atoms with Gasteiger partial charge in [-0.3, -0.25) is 0 Å². The first-order valence-corrected chi connectivity index (χ1v) is 9.43. The molecule has 0 radical (unpaired) electrons. The number of hydrogen-bond donors (Lipinski definition) is 4. The summed E-state index contributed by atoms with van der Waals surface area (Å²) in [5.74, 6) is -1.42. The summed E-state index contributed by atoms with van der Waals surface area (Å²) in [6.07, 6.45) is -6.37. The van der Waals surface area contributed by atoms with Gasteiger partial charge in [0.25, 0.3) is 0 Å². The molecule has 5 unspecified atom stereocenters. The summed E-state index contributed by atoms with van der Waals surface area (Å²) in [6.45, 7) is 2.68. The Bertz CT molecular complexity index is 578. The standard InChI is InChI=1S/C17H30N2O10/c1-17(2)28-12-8(26-15(19)14(12)29-17)5-25-16-10(18)13(24-6-9(21)23-3)11(22)7(4-20)27-16/h7-8,10-16,20,22H,4-6,18-19H2,1-3H3/t7?,8-,10?,11-,12-,13-,14?,15?,16?/m1/s1. The molecule has 12 heteroatoms. The van der Waals surface area contributed by atoms with Gasteiger partial charge in [0.15, 0.2) is 12.1 Å². The van der Waals surface area contributed by atoms with Gasteiger partial charge in [-0.2, -0.15) is 0 Å². The molecular formula is C17H30N2O10. The van der Waals surface area contributed by atoms with Gasteiger partial charge in [-0.05, 0) is 13.8 Å². The number of aliphatic hydroxyl groups excluding tert-OH is 2. The van der Waals surface area contributed by atoms with E-state index in [9.17, 15) is 15.0 Å². The van der Waals surface area contributed by atoms with Crippen LogP contribution in [0, 0.1) is 0 Å². The van der Waals surface area contributed by atoms with E-state index in [4.69, 9.17) is 39.9 Å². The fraction of sp³-hybridized carbons (Fsp3) is 0.941. The van der Waals surface area contributed by atoms with Crippen LogP contribution in [0.3, 0.4) is 0 Å². The van der Waals surface area contributed by atoms with E-state index in [1.54, 1.807) is 13.8 Å². The molecule has 3 rings (SSSR count). The molecule has 0 aromatic rings. The number of fused-ring (bicyclic) bond motifs is 1. The number of carbonyl (C=O) groups excluding carboxylic acids is 1. The predicted molar refractivity (Wildman–Crippen MR) is 94.1 cm³/mol. The van der Waals surface area contributed by atoms with Crippen molar-refractivity contribution in [2.45, 2.75) is 74.8 Å². The molecule has 3 aliphatic heterocycles. The summed E-state index contributed by atoms with van der Waals surface area (Å²) in [7, 11) is 1.21. The highest BCUT2D eigenvalue weighted by molar-refractivity contribution is 5.70. The van der Waals surface area contributed by atoms with E-state index in [2.05, 4.69) is 4.74 Å². The molecule has 0 aromatic carbocycles. The van der Waals surface area contributed by atoms with E-state index in [1.165, 1.54) is 7.11 Å². The van der Waals surface area contributed by atoms with Gasteiger partial charge in [-0.1, -0.05) is 0 Å². The maximum absolute atomic E-state index is 11.4. The second kappa shape index (κ2) is 9.06. The molecule has 12 nitrogen and oxygen atoms in total. The summed E-state index contributed by atoms with van der Waals surface area (Å²) in [5.41, 5.74) is 12.1. The van der Waals surface area contributed by atoms with E-state index in [0.29, 0.717) is 0 Å². The molecule has 3 fully saturated rings. The molecule has 0 bridgehead atoms. The molecule has 168 valence electrons. The van der Waals surface area contributed by atoms with Crippen LogP contribution in [0.1, 0.15) is 13.8 Å². The molecule has 9 atom stereocenters. The van der Waals surface area contributed by atoms with Gasteiger partial charge >= 0.3 is 5.97 Å². The van der Waals surface area contributed by atoms with E-state index in [-0.39, 0.29) is 6.61 Å². The lowest BCUT2D eigenvalue weighted by Crippen LogP contribution is -2.63. The SMILES string of the molecule is COC(=O)CO[C@@H]1C(N)C(OC[C@H]2OC(N)C3OC(C)(C)O[C@@H]32)OC(CO)[C@H]1O. The van der Waals surface area contributed by atoms with Crippen LogP contribution in [-0.4, -0.2) is 104 Å². The molecule has 0 spiro atoms. The third-order valence-corrected chi connectivity index (χ3v) is 5.13. The normalized spacial score (nSPS) is 43.9. The van der Waals surface area contributed by atoms with Crippen LogP contribution in [-0.2, 0) is 38.0 Å². The first kappa shape index (κ1) is 22.7. The Morgan fingerprint density at radius 3 is 2.45 bits per heavy atom. The van der Waals surface area contributed by atoms with Gasteiger partial charge in [0, 0.05) is 0 Å². The van der Waals surface area contributed by atoms with Crippen molar-refractivity contribution in [1.29, 1.82) is 0 Å². The summed E-state index contributed by atoms with van der Waals surface area (Å²) in [5, 5.41) is 19.8. The molecule has 0 saturated carbocycles. The lowest BCUT2D eigenvalue weighted by Gasteiger charge is -2.42. The predicted octanol–water partition coefficient (Wildman–Crippen LogP) is -2.83. The van der Waals surface area contributed by atoms with Crippen molar-refractivity contribution in [1.82, 2.24) is 0 Å². The fourth-order valence-electron chi connectivity index (χ4n) is 3.71. The molecule has 3 aliphatic rings. The molecule has 0 amide bonds. The Morgan fingerprint density at radius 2 is 1.79 bits per heavy atom. The van der Waals surface area contributed by atoms with Gasteiger partial charge in [0.2, 0.25) is 0 Å². The Kier molecular flexibility index (Phi) is 7.10. The summed E-state index contributed by atoms with van der Waals surface area (Å²) in [6, 6.07) is -0.944. The van der Waals surface area contributed by atoms with Crippen molar-refractivity contribution >= 4 is 5.97 Å². The second-order valence-corrected chi connectivity index (χ2v) is 7.68. The number of carbonyl (C=O) groups is 1. The van der Waals surface area contributed by atoms with Crippen molar-refractivity contribution in [3.63, 3.8) is 0 Å².